The number of ether oxygens (including phenoxy) is 1. The van der Waals surface area contributed by atoms with Crippen molar-refractivity contribution in [2.45, 2.75) is 18.9 Å². The number of carbonyl (C=O) groups excluding carboxylic acids is 1. The molecule has 19 heavy (non-hydrogen) atoms. The lowest BCUT2D eigenvalue weighted by molar-refractivity contribution is -0.117. The number of nitrogens with zero attached hydrogens (tertiary/aromatic N) is 1. The Bertz CT molecular complexity index is 428. The Morgan fingerprint density at radius 1 is 1.47 bits per heavy atom. The van der Waals surface area contributed by atoms with Gasteiger partial charge in [0, 0.05) is 30.9 Å². The molecular weight excluding hydrogens is 242 g/mol. The first-order chi connectivity index (χ1) is 9.17. The smallest absolute Gasteiger partial charge is 0.238 e. The largest absolute Gasteiger partial charge is 0.497 e. The minimum absolute atomic E-state index is 0.00345. The van der Waals surface area contributed by atoms with Gasteiger partial charge in [-0.1, -0.05) is 6.07 Å². The lowest BCUT2D eigenvalue weighted by atomic mass is 10.1. The van der Waals surface area contributed by atoms with Crippen molar-refractivity contribution in [3.8, 4) is 5.75 Å². The van der Waals surface area contributed by atoms with Crippen LogP contribution in [-0.4, -0.2) is 43.6 Å². The average molecular weight is 263 g/mol. The van der Waals surface area contributed by atoms with Gasteiger partial charge in [-0.3, -0.25) is 9.69 Å². The zero-order valence-electron chi connectivity index (χ0n) is 11.3. The number of anilines is 1. The van der Waals surface area contributed by atoms with E-state index in [1.807, 2.05) is 24.3 Å². The van der Waals surface area contributed by atoms with E-state index in [4.69, 9.17) is 10.5 Å². The lowest BCUT2D eigenvalue weighted by Gasteiger charge is -2.29. The number of amides is 1. The molecule has 1 aliphatic rings. The molecule has 0 saturated carbocycles. The number of benzene rings is 1. The molecule has 1 amide bonds. The van der Waals surface area contributed by atoms with E-state index in [1.54, 1.807) is 7.11 Å². The molecule has 0 aliphatic carbocycles. The van der Waals surface area contributed by atoms with Crippen LogP contribution in [0.15, 0.2) is 24.3 Å². The standard InChI is InChI=1S/C14H21N3O2/c1-19-13-4-2-3-12(9-13)16-14(18)10-17-7-5-11(15)6-8-17/h2-4,9,11H,5-8,10,15H2,1H3,(H,16,18). The average Bonchev–Trinajstić information content (AvgIpc) is 2.41. The summed E-state index contributed by atoms with van der Waals surface area (Å²) in [6, 6.07) is 7.66. The van der Waals surface area contributed by atoms with Gasteiger partial charge in [-0.15, -0.1) is 0 Å². The van der Waals surface area contributed by atoms with Crippen molar-refractivity contribution in [3.63, 3.8) is 0 Å². The third kappa shape index (κ3) is 4.22. The van der Waals surface area contributed by atoms with Crippen molar-refractivity contribution in [1.82, 2.24) is 4.90 Å². The molecule has 0 atom stereocenters. The molecule has 5 nitrogen and oxygen atoms in total. The van der Waals surface area contributed by atoms with Crippen LogP contribution >= 0.6 is 0 Å². The lowest BCUT2D eigenvalue weighted by Crippen LogP contribution is -2.43. The highest BCUT2D eigenvalue weighted by atomic mass is 16.5. The Morgan fingerprint density at radius 3 is 2.89 bits per heavy atom. The van der Waals surface area contributed by atoms with Crippen molar-refractivity contribution in [2.24, 2.45) is 5.73 Å². The number of nitrogens with two attached hydrogens (primary N) is 1. The number of hydrogen-bond donors (Lipinski definition) is 2. The Labute approximate surface area is 113 Å². The van der Waals surface area contributed by atoms with E-state index in [2.05, 4.69) is 10.2 Å². The van der Waals surface area contributed by atoms with Gasteiger partial charge in [0.05, 0.1) is 13.7 Å². The van der Waals surface area contributed by atoms with Crippen LogP contribution in [0.5, 0.6) is 5.75 Å². The summed E-state index contributed by atoms with van der Waals surface area (Å²) in [5.41, 5.74) is 6.60. The number of hydrogen-bond acceptors (Lipinski definition) is 4. The van der Waals surface area contributed by atoms with Gasteiger partial charge < -0.3 is 15.8 Å². The molecule has 0 bridgehead atoms. The van der Waals surface area contributed by atoms with E-state index in [1.165, 1.54) is 0 Å². The molecule has 5 heteroatoms. The van der Waals surface area contributed by atoms with Gasteiger partial charge in [0.1, 0.15) is 5.75 Å². The number of carbonyl (C=O) groups is 1. The summed E-state index contributed by atoms with van der Waals surface area (Å²) in [7, 11) is 1.61. The molecule has 1 saturated heterocycles. The van der Waals surface area contributed by atoms with E-state index in [-0.39, 0.29) is 11.9 Å². The highest BCUT2D eigenvalue weighted by Crippen LogP contribution is 2.16. The maximum atomic E-state index is 11.9. The summed E-state index contributed by atoms with van der Waals surface area (Å²) in [6.07, 6.45) is 1.93. The van der Waals surface area contributed by atoms with Crippen LogP contribution in [0.4, 0.5) is 5.69 Å². The maximum absolute atomic E-state index is 11.9. The fourth-order valence-electron chi connectivity index (χ4n) is 2.22. The number of methoxy groups -OCH3 is 1. The van der Waals surface area contributed by atoms with Gasteiger partial charge in [0.25, 0.3) is 0 Å². The highest BCUT2D eigenvalue weighted by Gasteiger charge is 2.18. The molecule has 1 aromatic carbocycles. The van der Waals surface area contributed by atoms with E-state index < -0.39 is 0 Å². The Kier molecular flexibility index (Phi) is 4.76. The Hall–Kier alpha value is -1.59. The Balaban J connectivity index is 1.83. The summed E-state index contributed by atoms with van der Waals surface area (Å²) in [4.78, 5) is 14.1. The van der Waals surface area contributed by atoms with Crippen LogP contribution in [0.25, 0.3) is 0 Å². The van der Waals surface area contributed by atoms with Crippen molar-refractivity contribution in [2.75, 3.05) is 32.1 Å². The van der Waals surface area contributed by atoms with Gasteiger partial charge in [0.2, 0.25) is 5.91 Å². The van der Waals surface area contributed by atoms with Crippen molar-refractivity contribution >= 4 is 11.6 Å². The van der Waals surface area contributed by atoms with Crippen molar-refractivity contribution in [3.05, 3.63) is 24.3 Å². The van der Waals surface area contributed by atoms with Gasteiger partial charge in [-0.05, 0) is 25.0 Å². The number of piperidine rings is 1. The van der Waals surface area contributed by atoms with E-state index in [0.29, 0.717) is 6.54 Å². The number of rotatable bonds is 4. The van der Waals surface area contributed by atoms with Gasteiger partial charge in [-0.2, -0.15) is 0 Å². The third-order valence-corrected chi connectivity index (χ3v) is 3.35. The fraction of sp³-hybridized carbons (Fsp3) is 0.500. The maximum Gasteiger partial charge on any atom is 0.238 e. The molecule has 104 valence electrons. The molecule has 1 aromatic rings. The van der Waals surface area contributed by atoms with Crippen LogP contribution in [0.3, 0.4) is 0 Å². The van der Waals surface area contributed by atoms with Gasteiger partial charge in [-0.25, -0.2) is 0 Å². The van der Waals surface area contributed by atoms with Crippen LogP contribution in [-0.2, 0) is 4.79 Å². The second-order valence-electron chi connectivity index (χ2n) is 4.89. The molecule has 2 rings (SSSR count). The first kappa shape index (κ1) is 13.8. The summed E-state index contributed by atoms with van der Waals surface area (Å²) < 4.78 is 5.12. The van der Waals surface area contributed by atoms with E-state index >= 15 is 0 Å². The third-order valence-electron chi connectivity index (χ3n) is 3.35. The molecule has 0 unspecified atom stereocenters. The van der Waals surface area contributed by atoms with Crippen molar-refractivity contribution < 1.29 is 9.53 Å². The van der Waals surface area contributed by atoms with Crippen molar-refractivity contribution in [1.29, 1.82) is 0 Å². The zero-order chi connectivity index (χ0) is 13.7. The Morgan fingerprint density at radius 2 is 2.21 bits per heavy atom. The monoisotopic (exact) mass is 263 g/mol. The van der Waals surface area contributed by atoms with Crippen LogP contribution in [0.1, 0.15) is 12.8 Å². The predicted molar refractivity (Wildman–Crippen MR) is 75.3 cm³/mol. The second-order valence-corrected chi connectivity index (χ2v) is 4.89. The minimum Gasteiger partial charge on any atom is -0.497 e. The molecule has 0 radical (unpaired) electrons. The summed E-state index contributed by atoms with van der Waals surface area (Å²) in [6.45, 7) is 2.21. The highest BCUT2D eigenvalue weighted by molar-refractivity contribution is 5.92. The summed E-state index contributed by atoms with van der Waals surface area (Å²) in [5.74, 6) is 0.741. The number of likely N-dealkylation sites (tertiary alicyclic amines) is 1. The summed E-state index contributed by atoms with van der Waals surface area (Å²) >= 11 is 0. The van der Waals surface area contributed by atoms with E-state index in [9.17, 15) is 4.79 Å². The normalized spacial score (nSPS) is 17.2. The fourth-order valence-corrected chi connectivity index (χ4v) is 2.22. The topological polar surface area (TPSA) is 67.6 Å². The SMILES string of the molecule is COc1cccc(NC(=O)CN2CCC(N)CC2)c1. The molecule has 1 heterocycles. The molecule has 1 aliphatic heterocycles. The molecule has 0 spiro atoms. The molecule has 1 fully saturated rings. The second kappa shape index (κ2) is 6.54. The van der Waals surface area contributed by atoms with Gasteiger partial charge in [0.15, 0.2) is 0 Å². The first-order valence-corrected chi connectivity index (χ1v) is 6.59. The zero-order valence-corrected chi connectivity index (χ0v) is 11.3. The summed E-state index contributed by atoms with van der Waals surface area (Å²) in [5, 5.41) is 2.88. The number of nitrogens with one attached hydrogen (secondary N) is 1. The predicted octanol–water partition coefficient (Wildman–Crippen LogP) is 1.06. The molecule has 0 aromatic heterocycles. The minimum atomic E-state index is 0.00345. The quantitative estimate of drug-likeness (QED) is 0.852. The van der Waals surface area contributed by atoms with Crippen LogP contribution in [0, 0.1) is 0 Å². The van der Waals surface area contributed by atoms with Crippen LogP contribution in [0.2, 0.25) is 0 Å². The van der Waals surface area contributed by atoms with E-state index in [0.717, 1.165) is 37.4 Å². The van der Waals surface area contributed by atoms with Gasteiger partial charge >= 0.3 is 0 Å². The first-order valence-electron chi connectivity index (χ1n) is 6.59. The molecular formula is C14H21N3O2. The van der Waals surface area contributed by atoms with Crippen LogP contribution < -0.4 is 15.8 Å². The molecule has 3 N–H and O–H groups in total.